The van der Waals surface area contributed by atoms with E-state index >= 15 is 0 Å². The van der Waals surface area contributed by atoms with Gasteiger partial charge in [0.1, 0.15) is 0 Å². The van der Waals surface area contributed by atoms with Crippen LogP contribution < -0.4 is 0 Å². The zero-order chi connectivity index (χ0) is 12.6. The second kappa shape index (κ2) is 4.49. The van der Waals surface area contributed by atoms with Crippen LogP contribution in [0.2, 0.25) is 0 Å². The third-order valence-corrected chi connectivity index (χ3v) is 3.01. The molecule has 4 nitrogen and oxygen atoms in total. The van der Waals surface area contributed by atoms with Gasteiger partial charge in [-0.3, -0.25) is 4.68 Å². The van der Waals surface area contributed by atoms with Crippen LogP contribution in [0.3, 0.4) is 0 Å². The molecule has 0 aliphatic carbocycles. The Morgan fingerprint density at radius 1 is 1.47 bits per heavy atom. The Morgan fingerprint density at radius 2 is 2.18 bits per heavy atom. The van der Waals surface area contributed by atoms with Crippen molar-refractivity contribution in [3.8, 4) is 0 Å². The zero-order valence-electron chi connectivity index (χ0n) is 9.90. The lowest BCUT2D eigenvalue weighted by atomic mass is 10.1. The van der Waals surface area contributed by atoms with Crippen molar-refractivity contribution in [2.24, 2.45) is 0 Å². The number of benzene rings is 1. The van der Waals surface area contributed by atoms with Crippen LogP contribution in [0.25, 0.3) is 10.9 Å². The number of esters is 1. The van der Waals surface area contributed by atoms with Gasteiger partial charge >= 0.3 is 5.97 Å². The Labute approximate surface area is 108 Å². The molecule has 0 saturated carbocycles. The van der Waals surface area contributed by atoms with E-state index in [2.05, 4.69) is 21.0 Å². The van der Waals surface area contributed by atoms with E-state index < -0.39 is 0 Å². The fourth-order valence-electron chi connectivity index (χ4n) is 1.81. The molecule has 2 rings (SSSR count). The molecular weight excluding hydrogens is 284 g/mol. The molecule has 0 amide bonds. The molecule has 0 aliphatic rings. The molecule has 0 N–H and O–H groups in total. The number of fused-ring (bicyclic) bond motifs is 1. The van der Waals surface area contributed by atoms with Crippen molar-refractivity contribution in [1.82, 2.24) is 9.78 Å². The normalized spacial score (nSPS) is 11.1. The molecule has 1 aromatic carbocycles. The highest BCUT2D eigenvalue weighted by atomic mass is 79.9. The fourth-order valence-corrected chi connectivity index (χ4v) is 2.29. The number of hydrogen-bond acceptors (Lipinski definition) is 3. The van der Waals surface area contributed by atoms with Crippen molar-refractivity contribution in [1.29, 1.82) is 0 Å². The van der Waals surface area contributed by atoms with E-state index in [0.717, 1.165) is 15.4 Å². The molecule has 5 heteroatoms. The van der Waals surface area contributed by atoms with Gasteiger partial charge in [0.25, 0.3) is 0 Å². The minimum atomic E-state index is -0.348. The van der Waals surface area contributed by atoms with E-state index in [1.54, 1.807) is 12.3 Å². The molecular formula is C12H13BrN2O2. The summed E-state index contributed by atoms with van der Waals surface area (Å²) in [5, 5.41) is 5.23. The minimum absolute atomic E-state index is 0.192. The van der Waals surface area contributed by atoms with E-state index in [9.17, 15) is 4.79 Å². The van der Waals surface area contributed by atoms with Gasteiger partial charge in [-0.1, -0.05) is 15.9 Å². The second-order valence-electron chi connectivity index (χ2n) is 4.07. The van der Waals surface area contributed by atoms with E-state index in [0.29, 0.717) is 5.56 Å². The highest BCUT2D eigenvalue weighted by molar-refractivity contribution is 9.10. The lowest BCUT2D eigenvalue weighted by Gasteiger charge is -2.10. The quantitative estimate of drug-likeness (QED) is 0.800. The number of carbonyl (C=O) groups is 1. The summed E-state index contributed by atoms with van der Waals surface area (Å²) in [5.41, 5.74) is 1.35. The van der Waals surface area contributed by atoms with Crippen LogP contribution >= 0.6 is 15.9 Å². The number of nitrogens with zero attached hydrogens (tertiary/aromatic N) is 2. The number of rotatable bonds is 2. The molecule has 0 radical (unpaired) electrons. The average molecular weight is 297 g/mol. The molecule has 17 heavy (non-hydrogen) atoms. The van der Waals surface area contributed by atoms with Crippen LogP contribution in [-0.2, 0) is 4.74 Å². The first-order valence-corrected chi connectivity index (χ1v) is 6.09. The van der Waals surface area contributed by atoms with Gasteiger partial charge in [-0.05, 0) is 26.0 Å². The van der Waals surface area contributed by atoms with Crippen LogP contribution in [0.4, 0.5) is 0 Å². The predicted octanol–water partition coefficient (Wildman–Crippen LogP) is 3.17. The monoisotopic (exact) mass is 296 g/mol. The Hall–Kier alpha value is -1.36. The SMILES string of the molecule is COC(=O)c1cc(Br)cc2cnn(C(C)C)c12. The maximum Gasteiger partial charge on any atom is 0.340 e. The fraction of sp³-hybridized carbons (Fsp3) is 0.333. The third-order valence-electron chi connectivity index (χ3n) is 2.55. The highest BCUT2D eigenvalue weighted by Crippen LogP contribution is 2.26. The Kier molecular flexibility index (Phi) is 3.19. The molecule has 2 aromatic rings. The number of ether oxygens (including phenoxy) is 1. The molecule has 0 spiro atoms. The van der Waals surface area contributed by atoms with Crippen LogP contribution in [-0.4, -0.2) is 22.9 Å². The van der Waals surface area contributed by atoms with Crippen LogP contribution in [0.5, 0.6) is 0 Å². The molecule has 0 bridgehead atoms. The summed E-state index contributed by atoms with van der Waals surface area (Å²) in [6.07, 6.45) is 1.76. The molecule has 1 aromatic heterocycles. The second-order valence-corrected chi connectivity index (χ2v) is 4.98. The average Bonchev–Trinajstić information content (AvgIpc) is 2.70. The summed E-state index contributed by atoms with van der Waals surface area (Å²) in [5.74, 6) is -0.348. The van der Waals surface area contributed by atoms with E-state index in [1.807, 2.05) is 24.6 Å². The molecule has 0 saturated heterocycles. The smallest absolute Gasteiger partial charge is 0.340 e. The van der Waals surface area contributed by atoms with Gasteiger partial charge in [-0.15, -0.1) is 0 Å². The number of carbonyl (C=O) groups excluding carboxylic acids is 1. The maximum atomic E-state index is 11.8. The third kappa shape index (κ3) is 2.07. The summed E-state index contributed by atoms with van der Waals surface area (Å²) in [6.45, 7) is 4.05. The van der Waals surface area contributed by atoms with Crippen molar-refractivity contribution in [3.63, 3.8) is 0 Å². The summed E-state index contributed by atoms with van der Waals surface area (Å²) in [6, 6.07) is 3.89. The van der Waals surface area contributed by atoms with Gasteiger partial charge in [0, 0.05) is 15.9 Å². The molecule has 1 heterocycles. The minimum Gasteiger partial charge on any atom is -0.465 e. The van der Waals surface area contributed by atoms with Crippen molar-refractivity contribution >= 4 is 32.8 Å². The zero-order valence-corrected chi connectivity index (χ0v) is 11.5. The van der Waals surface area contributed by atoms with Crippen LogP contribution in [0.1, 0.15) is 30.2 Å². The lowest BCUT2D eigenvalue weighted by molar-refractivity contribution is 0.0602. The van der Waals surface area contributed by atoms with Gasteiger partial charge in [0.15, 0.2) is 0 Å². The van der Waals surface area contributed by atoms with Crippen molar-refractivity contribution in [2.75, 3.05) is 7.11 Å². The van der Waals surface area contributed by atoms with Crippen molar-refractivity contribution in [3.05, 3.63) is 28.4 Å². The predicted molar refractivity (Wildman–Crippen MR) is 69.2 cm³/mol. The summed E-state index contributed by atoms with van der Waals surface area (Å²) in [4.78, 5) is 11.8. The van der Waals surface area contributed by atoms with Gasteiger partial charge in [0.2, 0.25) is 0 Å². The molecule has 0 unspecified atom stereocenters. The summed E-state index contributed by atoms with van der Waals surface area (Å²) < 4.78 is 7.47. The van der Waals surface area contributed by atoms with Gasteiger partial charge < -0.3 is 4.74 Å². The van der Waals surface area contributed by atoms with E-state index in [1.165, 1.54) is 7.11 Å². The number of aromatic nitrogens is 2. The van der Waals surface area contributed by atoms with Crippen molar-refractivity contribution in [2.45, 2.75) is 19.9 Å². The topological polar surface area (TPSA) is 44.1 Å². The molecule has 0 atom stereocenters. The standard InChI is InChI=1S/C12H13BrN2O2/c1-7(2)15-11-8(6-14-15)4-9(13)5-10(11)12(16)17-3/h4-7H,1-3H3. The lowest BCUT2D eigenvalue weighted by Crippen LogP contribution is -2.08. The largest absolute Gasteiger partial charge is 0.465 e. The van der Waals surface area contributed by atoms with Gasteiger partial charge in [0.05, 0.1) is 24.4 Å². The van der Waals surface area contributed by atoms with Crippen LogP contribution in [0, 0.1) is 0 Å². The Balaban J connectivity index is 2.78. The summed E-state index contributed by atoms with van der Waals surface area (Å²) in [7, 11) is 1.38. The summed E-state index contributed by atoms with van der Waals surface area (Å²) >= 11 is 3.38. The molecule has 0 aliphatic heterocycles. The number of halogens is 1. The van der Waals surface area contributed by atoms with E-state index in [4.69, 9.17) is 4.74 Å². The van der Waals surface area contributed by atoms with Gasteiger partial charge in [-0.2, -0.15) is 5.10 Å². The Morgan fingerprint density at radius 3 is 2.76 bits per heavy atom. The first kappa shape index (κ1) is 12.1. The first-order valence-electron chi connectivity index (χ1n) is 5.29. The molecule has 90 valence electrons. The highest BCUT2D eigenvalue weighted by Gasteiger charge is 2.17. The van der Waals surface area contributed by atoms with Gasteiger partial charge in [-0.25, -0.2) is 4.79 Å². The van der Waals surface area contributed by atoms with Crippen molar-refractivity contribution < 1.29 is 9.53 Å². The number of hydrogen-bond donors (Lipinski definition) is 0. The first-order chi connectivity index (χ1) is 8.04. The Bertz CT molecular complexity index is 575. The van der Waals surface area contributed by atoms with Crippen LogP contribution in [0.15, 0.2) is 22.8 Å². The maximum absolute atomic E-state index is 11.8. The number of methoxy groups -OCH3 is 1. The molecule has 0 fully saturated rings. The van der Waals surface area contributed by atoms with E-state index in [-0.39, 0.29) is 12.0 Å².